The van der Waals surface area contributed by atoms with E-state index >= 15 is 0 Å². The molecule has 0 amide bonds. The number of hydrogen-bond acceptors (Lipinski definition) is 1. The molecule has 1 radical (unpaired) electrons. The first-order chi connectivity index (χ1) is 5.41. The summed E-state index contributed by atoms with van der Waals surface area (Å²) in [6.45, 7) is 3.70. The molecule has 0 rings (SSSR count). The number of allylic oxidation sites excluding steroid dienone is 1. The van der Waals surface area contributed by atoms with Crippen LogP contribution in [0.15, 0.2) is 12.7 Å². The van der Waals surface area contributed by atoms with Crippen molar-refractivity contribution in [2.75, 3.05) is 6.26 Å². The first-order valence-electron chi connectivity index (χ1n) is 4.37. The maximum absolute atomic E-state index is 3.70. The van der Waals surface area contributed by atoms with Crippen molar-refractivity contribution in [3.05, 3.63) is 18.4 Å². The van der Waals surface area contributed by atoms with E-state index in [0.717, 1.165) is 0 Å². The molecule has 65 valence electrons. The highest BCUT2D eigenvalue weighted by atomic mass is 32.2. The lowest BCUT2D eigenvalue weighted by Gasteiger charge is -1.97. The fraction of sp³-hybridized carbons (Fsp3) is 0.700. The monoisotopic (exact) mass is 171 g/mol. The first kappa shape index (κ1) is 11.1. The molecule has 0 N–H and O–H groups in total. The normalized spacial score (nSPS) is 9.91. The maximum Gasteiger partial charge on any atom is 0.0163 e. The van der Waals surface area contributed by atoms with Crippen LogP contribution in [0.5, 0.6) is 0 Å². The second-order valence-electron chi connectivity index (χ2n) is 2.68. The van der Waals surface area contributed by atoms with Gasteiger partial charge in [-0.1, -0.05) is 25.3 Å². The van der Waals surface area contributed by atoms with E-state index in [2.05, 4.69) is 18.6 Å². The topological polar surface area (TPSA) is 0 Å². The summed E-state index contributed by atoms with van der Waals surface area (Å²) in [6.07, 6.45) is 12.0. The predicted octanol–water partition coefficient (Wildman–Crippen LogP) is 4.04. The van der Waals surface area contributed by atoms with Crippen LogP contribution in [0.3, 0.4) is 0 Å². The van der Waals surface area contributed by atoms with Crippen molar-refractivity contribution in [1.29, 1.82) is 0 Å². The van der Waals surface area contributed by atoms with Crippen molar-refractivity contribution in [1.82, 2.24) is 0 Å². The van der Waals surface area contributed by atoms with Gasteiger partial charge in [0.1, 0.15) is 0 Å². The van der Waals surface area contributed by atoms with E-state index < -0.39 is 0 Å². The number of unbranched alkanes of at least 4 members (excludes halogenated alkanes) is 5. The fourth-order valence-corrected chi connectivity index (χ4v) is 1.39. The molecule has 0 aliphatic rings. The Labute approximate surface area is 75.5 Å². The van der Waals surface area contributed by atoms with E-state index in [0.29, 0.717) is 0 Å². The minimum atomic E-state index is 1.19. The summed E-state index contributed by atoms with van der Waals surface area (Å²) >= 11 is 1.83. The Bertz CT molecular complexity index is 78.9. The molecule has 11 heavy (non-hydrogen) atoms. The van der Waals surface area contributed by atoms with Gasteiger partial charge >= 0.3 is 0 Å². The van der Waals surface area contributed by atoms with Gasteiger partial charge < -0.3 is 0 Å². The highest BCUT2D eigenvalue weighted by Gasteiger charge is 1.88. The Balaban J connectivity index is 2.74. The number of thioether (sulfide) groups is 1. The van der Waals surface area contributed by atoms with Crippen LogP contribution in [0.2, 0.25) is 0 Å². The summed E-state index contributed by atoms with van der Waals surface area (Å²) in [5.41, 5.74) is 0. The van der Waals surface area contributed by atoms with Gasteiger partial charge in [0.2, 0.25) is 0 Å². The Morgan fingerprint density at radius 3 is 2.27 bits per heavy atom. The zero-order chi connectivity index (χ0) is 8.36. The van der Waals surface area contributed by atoms with Crippen LogP contribution in [-0.4, -0.2) is 6.26 Å². The van der Waals surface area contributed by atoms with E-state index in [-0.39, 0.29) is 0 Å². The molecular formula is C10H19S. The predicted molar refractivity (Wildman–Crippen MR) is 55.7 cm³/mol. The van der Waals surface area contributed by atoms with Crippen LogP contribution in [0, 0.1) is 5.75 Å². The van der Waals surface area contributed by atoms with Crippen LogP contribution < -0.4 is 0 Å². The Kier molecular flexibility index (Phi) is 10.2. The lowest BCUT2D eigenvalue weighted by atomic mass is 10.1. The van der Waals surface area contributed by atoms with Gasteiger partial charge in [-0.15, -0.1) is 6.58 Å². The summed E-state index contributed by atoms with van der Waals surface area (Å²) in [6, 6.07) is 0. The molecule has 0 aromatic carbocycles. The van der Waals surface area contributed by atoms with E-state index in [4.69, 9.17) is 0 Å². The van der Waals surface area contributed by atoms with Crippen molar-refractivity contribution < 1.29 is 0 Å². The SMILES string of the molecule is C=CCCCCCC[CH]SC. The van der Waals surface area contributed by atoms with Gasteiger partial charge in [0, 0.05) is 5.75 Å². The largest absolute Gasteiger partial charge is 0.161 e. The molecule has 0 aliphatic carbocycles. The molecule has 0 fully saturated rings. The van der Waals surface area contributed by atoms with E-state index in [1.54, 1.807) is 0 Å². The molecule has 0 aliphatic heterocycles. The van der Waals surface area contributed by atoms with Gasteiger partial charge in [-0.3, -0.25) is 0 Å². The molecule has 1 heteroatoms. The maximum atomic E-state index is 3.70. The molecule has 0 spiro atoms. The molecule has 0 atom stereocenters. The molecule has 0 aromatic heterocycles. The van der Waals surface area contributed by atoms with Gasteiger partial charge in [-0.05, 0) is 25.5 Å². The van der Waals surface area contributed by atoms with Gasteiger partial charge in [0.05, 0.1) is 0 Å². The third-order valence-electron chi connectivity index (χ3n) is 1.65. The van der Waals surface area contributed by atoms with Crippen LogP contribution in [-0.2, 0) is 0 Å². The second-order valence-corrected chi connectivity index (χ2v) is 3.49. The van der Waals surface area contributed by atoms with Crippen LogP contribution in [0.25, 0.3) is 0 Å². The quantitative estimate of drug-likeness (QED) is 0.392. The average Bonchev–Trinajstić information content (AvgIpc) is 2.03. The second kappa shape index (κ2) is 10.1. The smallest absolute Gasteiger partial charge is 0.0163 e. The van der Waals surface area contributed by atoms with Crippen LogP contribution >= 0.6 is 11.8 Å². The van der Waals surface area contributed by atoms with Crippen LogP contribution in [0.1, 0.15) is 38.5 Å². The number of rotatable bonds is 8. The zero-order valence-electron chi connectivity index (χ0n) is 7.51. The Hall–Kier alpha value is 0.0900. The molecule has 0 aromatic rings. The summed E-state index contributed by atoms with van der Waals surface area (Å²) in [7, 11) is 0. The van der Waals surface area contributed by atoms with Gasteiger partial charge in [-0.25, -0.2) is 0 Å². The van der Waals surface area contributed by atoms with Gasteiger partial charge in [0.15, 0.2) is 0 Å². The Morgan fingerprint density at radius 1 is 1.09 bits per heavy atom. The Morgan fingerprint density at radius 2 is 1.73 bits per heavy atom. The lowest BCUT2D eigenvalue weighted by Crippen LogP contribution is -1.77. The zero-order valence-corrected chi connectivity index (χ0v) is 8.33. The van der Waals surface area contributed by atoms with E-state index in [1.807, 2.05) is 17.8 Å². The van der Waals surface area contributed by atoms with Crippen molar-refractivity contribution in [3.63, 3.8) is 0 Å². The molecule has 0 bridgehead atoms. The fourth-order valence-electron chi connectivity index (χ4n) is 0.988. The summed E-state index contributed by atoms with van der Waals surface area (Å²) < 4.78 is 0. The molecule has 0 saturated heterocycles. The third kappa shape index (κ3) is 10.1. The molecule has 0 nitrogen and oxygen atoms in total. The standard InChI is InChI=1S/C10H19S/c1-3-4-5-6-7-8-9-10-11-2/h3,10H,1,4-9H2,2H3. The van der Waals surface area contributed by atoms with Crippen molar-refractivity contribution in [2.24, 2.45) is 0 Å². The number of hydrogen-bond donors (Lipinski definition) is 0. The first-order valence-corrected chi connectivity index (χ1v) is 5.66. The minimum Gasteiger partial charge on any atom is -0.161 e. The van der Waals surface area contributed by atoms with Gasteiger partial charge in [0.25, 0.3) is 0 Å². The third-order valence-corrected chi connectivity index (χ3v) is 2.22. The molecule has 0 unspecified atom stereocenters. The van der Waals surface area contributed by atoms with Crippen LogP contribution in [0.4, 0.5) is 0 Å². The van der Waals surface area contributed by atoms with E-state index in [9.17, 15) is 0 Å². The average molecular weight is 171 g/mol. The summed E-state index contributed by atoms with van der Waals surface area (Å²) in [5, 5.41) is 0. The summed E-state index contributed by atoms with van der Waals surface area (Å²) in [5.74, 6) is 2.29. The van der Waals surface area contributed by atoms with Crippen molar-refractivity contribution in [2.45, 2.75) is 38.5 Å². The van der Waals surface area contributed by atoms with E-state index in [1.165, 1.54) is 38.5 Å². The minimum absolute atomic E-state index is 1.19. The molecule has 0 saturated carbocycles. The van der Waals surface area contributed by atoms with Crippen molar-refractivity contribution in [3.8, 4) is 0 Å². The highest BCUT2D eigenvalue weighted by molar-refractivity contribution is 8.00. The molecule has 0 heterocycles. The lowest BCUT2D eigenvalue weighted by molar-refractivity contribution is 0.650. The van der Waals surface area contributed by atoms with Gasteiger partial charge in [-0.2, -0.15) is 11.8 Å². The highest BCUT2D eigenvalue weighted by Crippen LogP contribution is 2.10. The van der Waals surface area contributed by atoms with Crippen molar-refractivity contribution >= 4 is 11.8 Å². The molecular weight excluding hydrogens is 152 g/mol. The summed E-state index contributed by atoms with van der Waals surface area (Å²) in [4.78, 5) is 0.